The van der Waals surface area contributed by atoms with Crippen LogP contribution in [-0.2, 0) is 0 Å². The van der Waals surface area contributed by atoms with E-state index in [1.165, 1.54) is 43.2 Å². The summed E-state index contributed by atoms with van der Waals surface area (Å²) in [5.41, 5.74) is 0.977. The number of rotatable bonds is 9. The number of ether oxygens (including phenoxy) is 4. The van der Waals surface area contributed by atoms with Crippen molar-refractivity contribution in [1.29, 1.82) is 0 Å². The van der Waals surface area contributed by atoms with Crippen molar-refractivity contribution in [2.75, 3.05) is 26.6 Å². The molecular formula is C33H28F2N4O6. The summed E-state index contributed by atoms with van der Waals surface area (Å²) < 4.78 is 53.1. The Morgan fingerprint density at radius 3 is 2.31 bits per heavy atom. The Balaban J connectivity index is 1.29. The maximum atomic E-state index is 15.3. The van der Waals surface area contributed by atoms with Gasteiger partial charge in [0.15, 0.2) is 34.6 Å². The van der Waals surface area contributed by atoms with E-state index in [1.54, 1.807) is 31.4 Å². The summed E-state index contributed by atoms with van der Waals surface area (Å²) in [6.07, 6.45) is 3.98. The van der Waals surface area contributed by atoms with E-state index in [0.717, 1.165) is 30.7 Å². The molecule has 2 aromatic heterocycles. The van der Waals surface area contributed by atoms with Gasteiger partial charge in [0.25, 0.3) is 11.5 Å². The highest BCUT2D eigenvalue weighted by atomic mass is 19.1. The van der Waals surface area contributed by atoms with Gasteiger partial charge in [-0.15, -0.1) is 0 Å². The fourth-order valence-electron chi connectivity index (χ4n) is 5.04. The smallest absolute Gasteiger partial charge is 0.270 e. The van der Waals surface area contributed by atoms with Crippen LogP contribution in [0.4, 0.5) is 14.5 Å². The zero-order valence-corrected chi connectivity index (χ0v) is 24.8. The van der Waals surface area contributed by atoms with Gasteiger partial charge in [-0.25, -0.2) is 13.8 Å². The molecule has 1 fully saturated rings. The van der Waals surface area contributed by atoms with E-state index in [-0.39, 0.29) is 34.1 Å². The van der Waals surface area contributed by atoms with Crippen LogP contribution in [0.25, 0.3) is 16.6 Å². The Labute approximate surface area is 256 Å². The van der Waals surface area contributed by atoms with Gasteiger partial charge >= 0.3 is 0 Å². The highest BCUT2D eigenvalue weighted by Gasteiger charge is 2.31. The van der Waals surface area contributed by atoms with E-state index in [2.05, 4.69) is 15.3 Å². The van der Waals surface area contributed by atoms with Crippen LogP contribution in [0.15, 0.2) is 65.7 Å². The summed E-state index contributed by atoms with van der Waals surface area (Å²) in [4.78, 5) is 35.5. The number of aromatic nitrogens is 3. The van der Waals surface area contributed by atoms with Crippen LogP contribution in [0.2, 0.25) is 0 Å². The zero-order chi connectivity index (χ0) is 31.8. The molecule has 6 rings (SSSR count). The Morgan fingerprint density at radius 1 is 0.889 bits per heavy atom. The number of carbonyl (C=O) groups excluding carboxylic acids is 1. The van der Waals surface area contributed by atoms with E-state index < -0.39 is 23.1 Å². The second-order valence-corrected chi connectivity index (χ2v) is 10.5. The van der Waals surface area contributed by atoms with E-state index in [9.17, 15) is 14.0 Å². The molecule has 3 aromatic carbocycles. The molecule has 0 aliphatic heterocycles. The normalized spacial score (nSPS) is 12.6. The predicted molar refractivity (Wildman–Crippen MR) is 162 cm³/mol. The highest BCUT2D eigenvalue weighted by molar-refractivity contribution is 6.04. The van der Waals surface area contributed by atoms with Gasteiger partial charge in [-0.05, 0) is 61.7 Å². The lowest BCUT2D eigenvalue weighted by Crippen LogP contribution is -2.31. The molecule has 0 saturated heterocycles. The van der Waals surface area contributed by atoms with Gasteiger partial charge in [-0.3, -0.25) is 19.1 Å². The molecule has 10 nitrogen and oxygen atoms in total. The molecule has 1 amide bonds. The molecule has 0 bridgehead atoms. The molecule has 1 N–H and O–H groups in total. The van der Waals surface area contributed by atoms with E-state index in [1.807, 2.05) is 6.92 Å². The molecule has 1 aliphatic rings. The van der Waals surface area contributed by atoms with Gasteiger partial charge in [0.1, 0.15) is 17.1 Å². The lowest BCUT2D eigenvalue weighted by atomic mass is 10.1. The Morgan fingerprint density at radius 2 is 1.64 bits per heavy atom. The summed E-state index contributed by atoms with van der Waals surface area (Å²) >= 11 is 0. The highest BCUT2D eigenvalue weighted by Crippen LogP contribution is 2.40. The summed E-state index contributed by atoms with van der Waals surface area (Å²) in [7, 11) is 4.44. The topological polar surface area (TPSA) is 114 Å². The first kappa shape index (κ1) is 29.5. The number of amides is 1. The molecule has 12 heteroatoms. The second kappa shape index (κ2) is 11.9. The van der Waals surface area contributed by atoms with Crippen LogP contribution >= 0.6 is 0 Å². The second-order valence-electron chi connectivity index (χ2n) is 10.5. The summed E-state index contributed by atoms with van der Waals surface area (Å²) in [6.45, 7) is 1.84. The van der Waals surface area contributed by atoms with E-state index >= 15 is 4.39 Å². The van der Waals surface area contributed by atoms with Crippen LogP contribution in [0.5, 0.6) is 28.7 Å². The van der Waals surface area contributed by atoms with E-state index in [0.29, 0.717) is 34.3 Å². The Bertz CT molecular complexity index is 2030. The molecule has 230 valence electrons. The molecule has 45 heavy (non-hydrogen) atoms. The van der Waals surface area contributed by atoms with Crippen molar-refractivity contribution in [3.63, 3.8) is 0 Å². The largest absolute Gasteiger partial charge is 0.497 e. The molecular weight excluding hydrogens is 586 g/mol. The van der Waals surface area contributed by atoms with Crippen LogP contribution in [0.1, 0.15) is 40.5 Å². The fraction of sp³-hybridized carbons (Fsp3) is 0.212. The van der Waals surface area contributed by atoms with Gasteiger partial charge in [0.05, 0.1) is 38.7 Å². The number of carbonyl (C=O) groups is 1. The van der Waals surface area contributed by atoms with Gasteiger partial charge in [0.2, 0.25) is 0 Å². The van der Waals surface area contributed by atoms with Crippen molar-refractivity contribution in [3.05, 3.63) is 99.9 Å². The quantitative estimate of drug-likeness (QED) is 0.205. The molecule has 2 heterocycles. The third kappa shape index (κ3) is 5.62. The number of aryl methyl sites for hydroxylation is 1. The Kier molecular flexibility index (Phi) is 7.79. The van der Waals surface area contributed by atoms with Crippen molar-refractivity contribution in [1.82, 2.24) is 14.5 Å². The molecule has 0 radical (unpaired) electrons. The molecule has 1 saturated carbocycles. The number of hydrogen-bond donors (Lipinski definition) is 1. The number of halogens is 2. The van der Waals surface area contributed by atoms with Crippen LogP contribution < -0.4 is 29.8 Å². The van der Waals surface area contributed by atoms with Gasteiger partial charge < -0.3 is 24.3 Å². The predicted octanol–water partition coefficient (Wildman–Crippen LogP) is 6.32. The van der Waals surface area contributed by atoms with Crippen molar-refractivity contribution >= 4 is 22.5 Å². The number of hydrogen-bond acceptors (Lipinski definition) is 8. The maximum Gasteiger partial charge on any atom is 0.270 e. The summed E-state index contributed by atoms with van der Waals surface area (Å²) in [5, 5.41) is 2.78. The molecule has 0 unspecified atom stereocenters. The fourth-order valence-corrected chi connectivity index (χ4v) is 5.04. The van der Waals surface area contributed by atoms with Gasteiger partial charge in [0, 0.05) is 35.3 Å². The third-order valence-electron chi connectivity index (χ3n) is 7.50. The minimum absolute atomic E-state index is 0.0501. The minimum atomic E-state index is -0.883. The number of nitrogens with zero attached hydrogens (tertiary/aromatic N) is 3. The van der Waals surface area contributed by atoms with Gasteiger partial charge in [-0.1, -0.05) is 0 Å². The number of nitrogens with one attached hydrogen (secondary N) is 1. The summed E-state index contributed by atoms with van der Waals surface area (Å²) in [5.74, 6) is -1.04. The number of pyridine rings is 1. The SMILES string of the molecule is COc1ccc(-n2c(C3CC3)ncc(C(=O)Nc3ccc(Oc4c(F)cnc5cc(OC)c(OC)cc45)c(F)c3)c2=O)c(C)c1. The molecule has 1 aliphatic carbocycles. The number of fused-ring (bicyclic) bond motifs is 1. The number of anilines is 1. The first-order chi connectivity index (χ1) is 21.7. The standard InChI is InChI=1S/C33H28F2N4O6/c1-17-11-20(42-2)8-9-26(17)39-31(18-5-6-18)37-15-22(33(39)41)32(40)38-19-7-10-27(23(34)12-19)45-30-21-13-28(43-3)29(44-4)14-25(21)36-16-24(30)35/h7-16,18H,5-6H2,1-4H3,(H,38,40). The third-order valence-corrected chi connectivity index (χ3v) is 7.50. The molecule has 0 spiro atoms. The monoisotopic (exact) mass is 614 g/mol. The Hall–Kier alpha value is -5.52. The van der Waals surface area contributed by atoms with Crippen molar-refractivity contribution < 1.29 is 32.5 Å². The lowest BCUT2D eigenvalue weighted by molar-refractivity contribution is 0.102. The average molecular weight is 615 g/mol. The number of benzene rings is 3. The molecule has 0 atom stereocenters. The van der Waals surface area contributed by atoms with Crippen molar-refractivity contribution in [2.45, 2.75) is 25.7 Å². The van der Waals surface area contributed by atoms with E-state index in [4.69, 9.17) is 18.9 Å². The van der Waals surface area contributed by atoms with Crippen LogP contribution in [-0.4, -0.2) is 41.8 Å². The van der Waals surface area contributed by atoms with Crippen molar-refractivity contribution in [2.24, 2.45) is 0 Å². The number of methoxy groups -OCH3 is 3. The lowest BCUT2D eigenvalue weighted by Gasteiger charge is -2.16. The van der Waals surface area contributed by atoms with Crippen LogP contribution in [0, 0.1) is 18.6 Å². The van der Waals surface area contributed by atoms with Crippen LogP contribution in [0.3, 0.4) is 0 Å². The van der Waals surface area contributed by atoms with Crippen molar-refractivity contribution in [3.8, 4) is 34.4 Å². The minimum Gasteiger partial charge on any atom is -0.497 e. The molecule has 5 aromatic rings. The maximum absolute atomic E-state index is 15.3. The van der Waals surface area contributed by atoms with Gasteiger partial charge in [-0.2, -0.15) is 0 Å². The average Bonchev–Trinajstić information content (AvgIpc) is 3.88. The summed E-state index contributed by atoms with van der Waals surface area (Å²) in [6, 6.07) is 11.9. The first-order valence-corrected chi connectivity index (χ1v) is 14.0. The zero-order valence-electron chi connectivity index (χ0n) is 24.8. The first-order valence-electron chi connectivity index (χ1n) is 14.0.